The largest absolute Gasteiger partial charge is 0.316 e. The number of fused-ring (bicyclic) bond motifs is 1. The summed E-state index contributed by atoms with van der Waals surface area (Å²) in [5, 5.41) is 3.29. The molecule has 2 aliphatic heterocycles. The van der Waals surface area contributed by atoms with Crippen LogP contribution in [0.1, 0.15) is 34.3 Å². The number of benzene rings is 1. The molecule has 0 aliphatic carbocycles. The summed E-state index contributed by atoms with van der Waals surface area (Å²) in [7, 11) is -2.37. The molecule has 3 rings (SSSR count). The molecule has 22 heavy (non-hydrogen) atoms. The van der Waals surface area contributed by atoms with E-state index in [-0.39, 0.29) is 17.6 Å². The van der Waals surface area contributed by atoms with Gasteiger partial charge in [-0.3, -0.25) is 9.69 Å². The van der Waals surface area contributed by atoms with Crippen LogP contribution >= 0.6 is 0 Å². The lowest BCUT2D eigenvalue weighted by atomic mass is 9.88. The Hall–Kier alpha value is -1.24. The van der Waals surface area contributed by atoms with Crippen molar-refractivity contribution in [2.45, 2.75) is 25.8 Å². The monoisotopic (exact) mass is 322 g/mol. The second kappa shape index (κ2) is 6.89. The summed E-state index contributed by atoms with van der Waals surface area (Å²) in [5.41, 5.74) is 3.13. The van der Waals surface area contributed by atoms with Crippen molar-refractivity contribution in [1.29, 1.82) is 0 Å². The van der Waals surface area contributed by atoms with Gasteiger partial charge in [0.2, 0.25) is 0 Å². The molecule has 1 fully saturated rings. The third-order valence-corrected chi connectivity index (χ3v) is 5.20. The lowest BCUT2D eigenvalue weighted by molar-refractivity contribution is 0.0899. The predicted octanol–water partition coefficient (Wildman–Crippen LogP) is 0.796. The number of hydrogen-bond donors (Lipinski definition) is 2. The fraction of sp³-hybridized carbons (Fsp3) is 0.562. The summed E-state index contributed by atoms with van der Waals surface area (Å²) in [6.45, 7) is 3.17. The van der Waals surface area contributed by atoms with Crippen LogP contribution in [0.5, 0.6) is 0 Å². The second-order valence-corrected chi connectivity index (χ2v) is 7.12. The van der Waals surface area contributed by atoms with Crippen molar-refractivity contribution in [2.24, 2.45) is 5.92 Å². The van der Waals surface area contributed by atoms with Crippen LogP contribution in [0.25, 0.3) is 0 Å². The van der Waals surface area contributed by atoms with E-state index < -0.39 is 10.7 Å². The van der Waals surface area contributed by atoms with Gasteiger partial charge in [0.1, 0.15) is 0 Å². The molecule has 1 N–H and O–H groups in total. The van der Waals surface area contributed by atoms with E-state index in [4.69, 9.17) is 0 Å². The molecule has 1 aromatic carbocycles. The van der Waals surface area contributed by atoms with Crippen molar-refractivity contribution in [2.75, 3.05) is 25.5 Å². The Bertz CT molecular complexity index is 628. The SMILES string of the molecule is O=C(c1ccc2c(c1)CCN(C[SH](=O)=O)C2)C1CCCNC1. The van der Waals surface area contributed by atoms with Gasteiger partial charge in [0.15, 0.2) is 16.5 Å². The topological polar surface area (TPSA) is 66.5 Å². The highest BCUT2D eigenvalue weighted by Gasteiger charge is 2.24. The van der Waals surface area contributed by atoms with Gasteiger partial charge in [-0.15, -0.1) is 0 Å². The van der Waals surface area contributed by atoms with Crippen LogP contribution in [-0.4, -0.2) is 44.6 Å². The van der Waals surface area contributed by atoms with Crippen LogP contribution in [-0.2, 0) is 23.7 Å². The minimum Gasteiger partial charge on any atom is -0.316 e. The third kappa shape index (κ3) is 3.56. The van der Waals surface area contributed by atoms with Crippen molar-refractivity contribution in [1.82, 2.24) is 10.2 Å². The van der Waals surface area contributed by atoms with Crippen LogP contribution in [0.15, 0.2) is 18.2 Å². The number of nitrogens with zero attached hydrogens (tertiary/aromatic N) is 1. The van der Waals surface area contributed by atoms with Crippen LogP contribution < -0.4 is 5.32 Å². The van der Waals surface area contributed by atoms with Gasteiger partial charge >= 0.3 is 0 Å². The van der Waals surface area contributed by atoms with Crippen LogP contribution in [0, 0.1) is 5.92 Å². The van der Waals surface area contributed by atoms with E-state index in [1.807, 2.05) is 23.1 Å². The predicted molar refractivity (Wildman–Crippen MR) is 85.7 cm³/mol. The normalized spacial score (nSPS) is 22.5. The first kappa shape index (κ1) is 15.6. The Labute approximate surface area is 132 Å². The highest BCUT2D eigenvalue weighted by molar-refractivity contribution is 7.72. The van der Waals surface area contributed by atoms with Gasteiger partial charge in [0, 0.05) is 31.1 Å². The summed E-state index contributed by atoms with van der Waals surface area (Å²) in [6.07, 6.45) is 2.83. The van der Waals surface area contributed by atoms with Crippen LogP contribution in [0.3, 0.4) is 0 Å². The zero-order valence-electron chi connectivity index (χ0n) is 12.6. The molecule has 6 heteroatoms. The van der Waals surface area contributed by atoms with E-state index in [1.54, 1.807) is 0 Å². The maximum absolute atomic E-state index is 12.6. The zero-order chi connectivity index (χ0) is 15.5. The summed E-state index contributed by atoms with van der Waals surface area (Å²) >= 11 is 0. The minimum atomic E-state index is -2.37. The molecule has 2 aliphatic rings. The maximum Gasteiger partial charge on any atom is 0.167 e. The number of nitrogens with one attached hydrogen (secondary N) is 1. The van der Waals surface area contributed by atoms with Gasteiger partial charge in [-0.05, 0) is 43.0 Å². The zero-order valence-corrected chi connectivity index (χ0v) is 13.5. The number of hydrogen-bond acceptors (Lipinski definition) is 5. The highest BCUT2D eigenvalue weighted by Crippen LogP contribution is 2.23. The number of ketones is 1. The van der Waals surface area contributed by atoms with E-state index in [1.165, 1.54) is 5.56 Å². The Morgan fingerprint density at radius 1 is 1.32 bits per heavy atom. The molecule has 1 unspecified atom stereocenters. The molecular weight excluding hydrogens is 300 g/mol. The van der Waals surface area contributed by atoms with E-state index >= 15 is 0 Å². The summed E-state index contributed by atoms with van der Waals surface area (Å²) in [4.78, 5) is 14.5. The molecule has 0 bridgehead atoms. The van der Waals surface area contributed by atoms with E-state index in [0.29, 0.717) is 6.54 Å². The molecule has 0 radical (unpaired) electrons. The highest BCUT2D eigenvalue weighted by atomic mass is 32.2. The van der Waals surface area contributed by atoms with Crippen LogP contribution in [0.2, 0.25) is 0 Å². The van der Waals surface area contributed by atoms with Gasteiger partial charge in [-0.2, -0.15) is 0 Å². The Morgan fingerprint density at radius 3 is 2.91 bits per heavy atom. The molecule has 120 valence electrons. The molecule has 1 saturated heterocycles. The van der Waals surface area contributed by atoms with E-state index in [2.05, 4.69) is 5.32 Å². The van der Waals surface area contributed by atoms with Crippen molar-refractivity contribution < 1.29 is 13.2 Å². The molecule has 0 saturated carbocycles. The number of carbonyl (C=O) groups excluding carboxylic acids is 1. The lowest BCUT2D eigenvalue weighted by Gasteiger charge is -2.27. The second-order valence-electron chi connectivity index (χ2n) is 6.17. The standard InChI is InChI=1S/C16H22N2O3S/c19-16(14-2-1-6-17-9-14)13-3-4-15-10-18(11-22(20)21)7-5-12(15)8-13/h3-4,8,14,17,22H,1-2,5-7,9-11H2. The molecule has 1 atom stereocenters. The number of thiol groups is 1. The summed E-state index contributed by atoms with van der Waals surface area (Å²) in [6, 6.07) is 5.90. The van der Waals surface area contributed by atoms with Gasteiger partial charge in [0.05, 0.1) is 5.88 Å². The molecule has 0 amide bonds. The van der Waals surface area contributed by atoms with Crippen LogP contribution in [0.4, 0.5) is 0 Å². The molecule has 0 spiro atoms. The van der Waals surface area contributed by atoms with E-state index in [0.717, 1.165) is 50.0 Å². The van der Waals surface area contributed by atoms with Crippen molar-refractivity contribution in [3.63, 3.8) is 0 Å². The van der Waals surface area contributed by atoms with Gasteiger partial charge < -0.3 is 5.32 Å². The first-order valence-corrected chi connectivity index (χ1v) is 9.20. The molecular formula is C16H22N2O3S. The summed E-state index contributed by atoms with van der Waals surface area (Å²) < 4.78 is 21.7. The number of Topliss-reactive ketones (excluding diaryl/α,β-unsaturated/α-hetero) is 1. The maximum atomic E-state index is 12.6. The Morgan fingerprint density at radius 2 is 2.18 bits per heavy atom. The number of carbonyl (C=O) groups is 1. The lowest BCUT2D eigenvalue weighted by Crippen LogP contribution is -2.35. The number of rotatable bonds is 4. The Kier molecular flexibility index (Phi) is 4.90. The van der Waals surface area contributed by atoms with Gasteiger partial charge in [0.25, 0.3) is 0 Å². The fourth-order valence-corrected chi connectivity index (χ4v) is 3.93. The van der Waals surface area contributed by atoms with Gasteiger partial charge in [-0.25, -0.2) is 8.42 Å². The molecule has 1 aromatic rings. The van der Waals surface area contributed by atoms with Crippen molar-refractivity contribution >= 4 is 16.5 Å². The Balaban J connectivity index is 1.73. The smallest absolute Gasteiger partial charge is 0.167 e. The van der Waals surface area contributed by atoms with Crippen molar-refractivity contribution in [3.05, 3.63) is 34.9 Å². The first-order chi connectivity index (χ1) is 10.6. The average molecular weight is 322 g/mol. The molecule has 5 nitrogen and oxygen atoms in total. The minimum absolute atomic E-state index is 0.0939. The van der Waals surface area contributed by atoms with Gasteiger partial charge in [-0.1, -0.05) is 12.1 Å². The molecule has 0 aromatic heterocycles. The van der Waals surface area contributed by atoms with E-state index in [9.17, 15) is 13.2 Å². The fourth-order valence-electron chi connectivity index (χ4n) is 3.36. The molecule has 2 heterocycles. The first-order valence-electron chi connectivity index (χ1n) is 7.84. The summed E-state index contributed by atoms with van der Waals surface area (Å²) in [5.74, 6) is 0.444. The third-order valence-electron chi connectivity index (χ3n) is 4.57. The quantitative estimate of drug-likeness (QED) is 0.634. The number of piperidine rings is 1. The average Bonchev–Trinajstić information content (AvgIpc) is 2.54. The van der Waals surface area contributed by atoms with Crippen molar-refractivity contribution in [3.8, 4) is 0 Å².